The van der Waals surface area contributed by atoms with Crippen LogP contribution >= 0.6 is 0 Å². The van der Waals surface area contributed by atoms with Crippen molar-refractivity contribution in [1.29, 1.82) is 0 Å². The van der Waals surface area contributed by atoms with Gasteiger partial charge in [-0.1, -0.05) is 18.2 Å². The lowest BCUT2D eigenvalue weighted by molar-refractivity contribution is -0.127. The van der Waals surface area contributed by atoms with Gasteiger partial charge in [0, 0.05) is 25.1 Å². The van der Waals surface area contributed by atoms with Crippen LogP contribution in [0.25, 0.3) is 0 Å². The second kappa shape index (κ2) is 4.37. The minimum absolute atomic E-state index is 0.105. The highest BCUT2D eigenvalue weighted by Crippen LogP contribution is 2.31. The Kier molecular flexibility index (Phi) is 2.73. The molecule has 0 spiro atoms. The van der Waals surface area contributed by atoms with Crippen LogP contribution < -0.4 is 15.4 Å². The number of fused-ring (bicyclic) bond motifs is 1. The lowest BCUT2D eigenvalue weighted by Crippen LogP contribution is -2.51. The van der Waals surface area contributed by atoms with E-state index in [1.807, 2.05) is 24.3 Å². The largest absolute Gasteiger partial charge is 0.493 e. The van der Waals surface area contributed by atoms with Crippen molar-refractivity contribution in [2.75, 3.05) is 19.7 Å². The maximum absolute atomic E-state index is 11.9. The van der Waals surface area contributed by atoms with Crippen LogP contribution in [0, 0.1) is 5.92 Å². The topological polar surface area (TPSA) is 50.4 Å². The van der Waals surface area contributed by atoms with Crippen LogP contribution in [0.2, 0.25) is 0 Å². The van der Waals surface area contributed by atoms with E-state index in [9.17, 15) is 4.79 Å². The summed E-state index contributed by atoms with van der Waals surface area (Å²) in [6, 6.07) is 8.03. The molecular weight excluding hydrogens is 216 g/mol. The summed E-state index contributed by atoms with van der Waals surface area (Å²) in [5.74, 6) is 1.20. The zero-order chi connectivity index (χ0) is 11.7. The van der Waals surface area contributed by atoms with Gasteiger partial charge < -0.3 is 15.4 Å². The van der Waals surface area contributed by atoms with Gasteiger partial charge in [-0.2, -0.15) is 0 Å². The lowest BCUT2D eigenvalue weighted by atomic mass is 9.97. The van der Waals surface area contributed by atoms with Crippen molar-refractivity contribution in [1.82, 2.24) is 10.6 Å². The second-order valence-electron chi connectivity index (χ2n) is 4.59. The molecule has 2 heterocycles. The molecule has 3 rings (SSSR count). The molecule has 0 saturated carbocycles. The van der Waals surface area contributed by atoms with Crippen molar-refractivity contribution in [3.63, 3.8) is 0 Å². The predicted molar refractivity (Wildman–Crippen MR) is 63.8 cm³/mol. The molecule has 4 heteroatoms. The Bertz CT molecular complexity index is 429. The van der Waals surface area contributed by atoms with Crippen molar-refractivity contribution in [2.45, 2.75) is 12.5 Å². The average molecular weight is 232 g/mol. The smallest absolute Gasteiger partial charge is 0.226 e. The molecule has 1 amide bonds. The van der Waals surface area contributed by atoms with Crippen molar-refractivity contribution in [2.24, 2.45) is 5.92 Å². The van der Waals surface area contributed by atoms with Crippen molar-refractivity contribution in [3.05, 3.63) is 29.8 Å². The number of ether oxygens (including phenoxy) is 1. The second-order valence-corrected chi connectivity index (χ2v) is 4.59. The first-order valence-corrected chi connectivity index (χ1v) is 6.07. The molecule has 2 aliphatic rings. The maximum atomic E-state index is 11.9. The van der Waals surface area contributed by atoms with Crippen LogP contribution in [-0.4, -0.2) is 25.6 Å². The number of rotatable bonds is 2. The first-order chi connectivity index (χ1) is 8.34. The van der Waals surface area contributed by atoms with E-state index >= 15 is 0 Å². The Labute approximate surface area is 100 Å². The molecule has 90 valence electrons. The SMILES string of the molecule is O=C(NC1CCOc2ccccc21)C1CNC1. The molecule has 0 aromatic heterocycles. The van der Waals surface area contributed by atoms with Gasteiger partial charge in [0.05, 0.1) is 18.6 Å². The van der Waals surface area contributed by atoms with Crippen LogP contribution in [-0.2, 0) is 4.79 Å². The van der Waals surface area contributed by atoms with Gasteiger partial charge in [-0.3, -0.25) is 4.79 Å². The number of nitrogens with one attached hydrogen (secondary N) is 2. The third-order valence-corrected chi connectivity index (χ3v) is 3.43. The standard InChI is InChI=1S/C13H16N2O2/c16-13(9-7-14-8-9)15-11-5-6-17-12-4-2-1-3-10(11)12/h1-4,9,11,14H,5-8H2,(H,15,16). The first kappa shape index (κ1) is 10.6. The minimum atomic E-state index is 0.105. The van der Waals surface area contributed by atoms with Gasteiger partial charge in [-0.15, -0.1) is 0 Å². The Morgan fingerprint density at radius 3 is 2.94 bits per heavy atom. The van der Waals surface area contributed by atoms with E-state index in [4.69, 9.17) is 4.74 Å². The summed E-state index contributed by atoms with van der Waals surface area (Å²) in [6.45, 7) is 2.28. The summed E-state index contributed by atoms with van der Waals surface area (Å²) in [6.07, 6.45) is 0.850. The van der Waals surface area contributed by atoms with Gasteiger partial charge >= 0.3 is 0 Å². The van der Waals surface area contributed by atoms with Gasteiger partial charge in [0.1, 0.15) is 5.75 Å². The molecule has 0 radical (unpaired) electrons. The Morgan fingerprint density at radius 1 is 1.35 bits per heavy atom. The predicted octanol–water partition coefficient (Wildman–Crippen LogP) is 0.846. The Morgan fingerprint density at radius 2 is 2.18 bits per heavy atom. The fourth-order valence-electron chi connectivity index (χ4n) is 2.26. The van der Waals surface area contributed by atoms with E-state index in [1.54, 1.807) is 0 Å². The van der Waals surface area contributed by atoms with Crippen LogP contribution in [0.3, 0.4) is 0 Å². The van der Waals surface area contributed by atoms with Crippen LogP contribution in [0.4, 0.5) is 0 Å². The molecule has 1 unspecified atom stereocenters. The summed E-state index contributed by atoms with van der Waals surface area (Å²) >= 11 is 0. The summed E-state index contributed by atoms with van der Waals surface area (Å²) in [7, 11) is 0. The number of amides is 1. The maximum Gasteiger partial charge on any atom is 0.226 e. The number of carbonyl (C=O) groups excluding carboxylic acids is 1. The molecule has 2 aliphatic heterocycles. The molecule has 1 aromatic carbocycles. The lowest BCUT2D eigenvalue weighted by Gasteiger charge is -2.31. The summed E-state index contributed by atoms with van der Waals surface area (Å²) in [5, 5.41) is 6.23. The number of carbonyl (C=O) groups is 1. The Balaban J connectivity index is 1.73. The van der Waals surface area contributed by atoms with E-state index in [0.29, 0.717) is 6.61 Å². The monoisotopic (exact) mass is 232 g/mol. The molecule has 2 N–H and O–H groups in total. The Hall–Kier alpha value is -1.55. The molecule has 1 aromatic rings. The van der Waals surface area contributed by atoms with Gasteiger partial charge in [0.2, 0.25) is 5.91 Å². The highest BCUT2D eigenvalue weighted by Gasteiger charge is 2.29. The molecular formula is C13H16N2O2. The fraction of sp³-hybridized carbons (Fsp3) is 0.462. The molecule has 4 nitrogen and oxygen atoms in total. The van der Waals surface area contributed by atoms with Crippen molar-refractivity contribution >= 4 is 5.91 Å². The third-order valence-electron chi connectivity index (χ3n) is 3.43. The highest BCUT2D eigenvalue weighted by molar-refractivity contribution is 5.80. The summed E-state index contributed by atoms with van der Waals surface area (Å²) in [5.41, 5.74) is 1.10. The van der Waals surface area contributed by atoms with Gasteiger partial charge in [0.25, 0.3) is 0 Å². The van der Waals surface area contributed by atoms with Crippen LogP contribution in [0.15, 0.2) is 24.3 Å². The van der Waals surface area contributed by atoms with Crippen molar-refractivity contribution < 1.29 is 9.53 Å². The van der Waals surface area contributed by atoms with E-state index in [1.165, 1.54) is 0 Å². The first-order valence-electron chi connectivity index (χ1n) is 6.07. The van der Waals surface area contributed by atoms with Gasteiger partial charge in [-0.05, 0) is 6.07 Å². The zero-order valence-corrected chi connectivity index (χ0v) is 9.61. The fourth-order valence-corrected chi connectivity index (χ4v) is 2.26. The number of hydrogen-bond acceptors (Lipinski definition) is 3. The highest BCUT2D eigenvalue weighted by atomic mass is 16.5. The summed E-state index contributed by atoms with van der Waals surface area (Å²) < 4.78 is 5.57. The summed E-state index contributed by atoms with van der Waals surface area (Å²) in [4.78, 5) is 11.9. The molecule has 1 atom stereocenters. The molecule has 17 heavy (non-hydrogen) atoms. The number of benzene rings is 1. The molecule has 0 bridgehead atoms. The van der Waals surface area contributed by atoms with Crippen LogP contribution in [0.5, 0.6) is 5.75 Å². The average Bonchev–Trinajstić information content (AvgIpc) is 2.27. The van der Waals surface area contributed by atoms with E-state index in [-0.39, 0.29) is 17.9 Å². The van der Waals surface area contributed by atoms with E-state index in [0.717, 1.165) is 30.8 Å². The number of para-hydroxylation sites is 1. The molecule has 1 fully saturated rings. The quantitative estimate of drug-likeness (QED) is 0.794. The minimum Gasteiger partial charge on any atom is -0.493 e. The zero-order valence-electron chi connectivity index (χ0n) is 9.61. The van der Waals surface area contributed by atoms with Gasteiger partial charge in [-0.25, -0.2) is 0 Å². The van der Waals surface area contributed by atoms with Gasteiger partial charge in [0.15, 0.2) is 0 Å². The normalized spacial score (nSPS) is 23.2. The molecule has 0 aliphatic carbocycles. The van der Waals surface area contributed by atoms with Crippen LogP contribution in [0.1, 0.15) is 18.0 Å². The van der Waals surface area contributed by atoms with Crippen molar-refractivity contribution in [3.8, 4) is 5.75 Å². The van der Waals surface area contributed by atoms with E-state index in [2.05, 4.69) is 10.6 Å². The molecule has 1 saturated heterocycles. The number of hydrogen-bond donors (Lipinski definition) is 2. The third kappa shape index (κ3) is 2.00. The van der Waals surface area contributed by atoms with E-state index < -0.39 is 0 Å².